The Balaban J connectivity index is 0.000000197. The number of amides is 1. The number of nitrogens with zero attached hydrogens (tertiary/aromatic N) is 4. The Labute approximate surface area is 569 Å². The number of esters is 2. The molecule has 3 saturated heterocycles. The van der Waals surface area contributed by atoms with Crippen LogP contribution in [0.3, 0.4) is 0 Å². The average molecular weight is 1380 g/mol. The molecule has 5 aromatic rings. The summed E-state index contributed by atoms with van der Waals surface area (Å²) in [4.78, 5) is 63.7. The first kappa shape index (κ1) is 78.8. The number of benzene rings is 5. The van der Waals surface area contributed by atoms with Crippen LogP contribution in [0.25, 0.3) is 0 Å². The van der Waals surface area contributed by atoms with Gasteiger partial charge in [-0.25, -0.2) is 9.59 Å². The van der Waals surface area contributed by atoms with Crippen LogP contribution in [0.5, 0.6) is 23.0 Å². The fourth-order valence-electron chi connectivity index (χ4n) is 11.2. The fourth-order valence-corrected chi connectivity index (χ4v) is 11.2. The lowest BCUT2D eigenvalue weighted by atomic mass is 9.88. The van der Waals surface area contributed by atoms with Crippen LogP contribution >= 0.6 is 0 Å². The molecule has 5 heterocycles. The standard InChI is InChI=1S/C22H26N2O4.C19H21NO4.C13H20N2O.C10H12O2.C4F6O2.C4H11NO/c1-26-20-6-5-18(21(12-20)27-2)14-23-13-17-4-3-16(11-19(17)15-23)22(25)24-7-9-28-10-8-24;1-22-17-7-6-15(18(9-17)23-2)11-20-10-14-5-4-13(19(21)24-3)8-16(14)12-20;1-2-12-8-14-9-13(12)7-11(1)10-15-3-5-16-6-4-15;1-7-4-5-9(6-8(7)2)10(11)12-3;5-3(6,7)1(11)2(12)4(8,9)10;1-5-3-4-6-2/h3-6,11-12H,7-10,13-15H2,1-2H3;4-9H,10-12H2,1-3H3;1-2,7,12-14H,3-6,8-10H2;4-6H,1-3H3;;5H,3-4H2,1-2H3. The van der Waals surface area contributed by atoms with Crippen molar-refractivity contribution in [3.05, 3.63) is 176 Å². The number of carbonyl (C=O) groups excluding carboxylic acids is 5. The molecule has 5 aromatic carbocycles. The van der Waals surface area contributed by atoms with E-state index in [9.17, 15) is 50.3 Å². The van der Waals surface area contributed by atoms with Gasteiger partial charge in [0.2, 0.25) is 0 Å². The highest BCUT2D eigenvalue weighted by Gasteiger charge is 2.54. The summed E-state index contributed by atoms with van der Waals surface area (Å²) in [5.41, 5.74) is 12.9. The molecule has 26 heteroatoms. The van der Waals surface area contributed by atoms with Gasteiger partial charge in [-0.2, -0.15) is 26.3 Å². The Kier molecular flexibility index (Phi) is 31.2. The maximum absolute atomic E-state index is 12.7. The van der Waals surface area contributed by atoms with Gasteiger partial charge in [0.25, 0.3) is 5.91 Å². The summed E-state index contributed by atoms with van der Waals surface area (Å²) in [6.45, 7) is 20.6. The predicted molar refractivity (Wildman–Crippen MR) is 355 cm³/mol. The van der Waals surface area contributed by atoms with Gasteiger partial charge in [-0.15, -0.1) is 0 Å². The molecule has 1 amide bonds. The number of methoxy groups -OCH3 is 7. The predicted octanol–water partition coefficient (Wildman–Crippen LogP) is 9.54. The number of fused-ring (bicyclic) bond motifs is 3. The number of hydrogen-bond acceptors (Lipinski definition) is 19. The summed E-state index contributed by atoms with van der Waals surface area (Å²) >= 11 is 0. The van der Waals surface area contributed by atoms with Crippen molar-refractivity contribution in [2.24, 2.45) is 11.8 Å². The number of morpholine rings is 2. The van der Waals surface area contributed by atoms with E-state index >= 15 is 0 Å². The minimum atomic E-state index is -5.77. The quantitative estimate of drug-likeness (QED) is 0.0385. The van der Waals surface area contributed by atoms with Crippen LogP contribution in [0.4, 0.5) is 26.3 Å². The minimum Gasteiger partial charge on any atom is -0.497 e. The smallest absolute Gasteiger partial charge is 0.458 e. The van der Waals surface area contributed by atoms with E-state index in [2.05, 4.69) is 60.4 Å². The highest BCUT2D eigenvalue weighted by Crippen LogP contribution is 2.33. The van der Waals surface area contributed by atoms with Crippen LogP contribution in [0, 0.1) is 25.7 Å². The fraction of sp³-hybridized carbons (Fsp3) is 0.458. The van der Waals surface area contributed by atoms with Gasteiger partial charge in [-0.05, 0) is 120 Å². The monoisotopic (exact) mass is 1380 g/mol. The Morgan fingerprint density at radius 1 is 0.531 bits per heavy atom. The van der Waals surface area contributed by atoms with Crippen molar-refractivity contribution in [2.45, 2.75) is 65.5 Å². The van der Waals surface area contributed by atoms with Crippen LogP contribution in [0.15, 0.2) is 115 Å². The zero-order valence-electron chi connectivity index (χ0n) is 57.3. The number of alkyl halides is 6. The van der Waals surface area contributed by atoms with Crippen LogP contribution in [0.2, 0.25) is 0 Å². The molecule has 0 aromatic heterocycles. The zero-order valence-corrected chi connectivity index (χ0v) is 57.3. The summed E-state index contributed by atoms with van der Waals surface area (Å²) < 4.78 is 113. The van der Waals surface area contributed by atoms with E-state index in [-0.39, 0.29) is 17.8 Å². The molecule has 2 unspecified atom stereocenters. The molecule has 0 spiro atoms. The minimum absolute atomic E-state index is 0.0985. The van der Waals surface area contributed by atoms with E-state index in [1.807, 2.05) is 98.6 Å². The van der Waals surface area contributed by atoms with Crippen molar-refractivity contribution in [2.75, 3.05) is 142 Å². The third-order valence-electron chi connectivity index (χ3n) is 16.7. The first-order valence-corrected chi connectivity index (χ1v) is 31.8. The number of aryl methyl sites for hydroxylation is 2. The lowest BCUT2D eigenvalue weighted by molar-refractivity contribution is -0.193. The van der Waals surface area contributed by atoms with Crippen molar-refractivity contribution >= 4 is 29.4 Å². The first-order chi connectivity index (χ1) is 46.9. The average Bonchev–Trinajstić information content (AvgIpc) is 1.67. The Morgan fingerprint density at radius 2 is 1.00 bits per heavy atom. The van der Waals surface area contributed by atoms with Crippen molar-refractivity contribution < 1.29 is 92.9 Å². The van der Waals surface area contributed by atoms with E-state index in [1.165, 1.54) is 47.6 Å². The van der Waals surface area contributed by atoms with Gasteiger partial charge in [0.1, 0.15) is 23.0 Å². The van der Waals surface area contributed by atoms with Gasteiger partial charge < -0.3 is 58.2 Å². The molecule has 1 aliphatic carbocycles. The number of halogens is 6. The van der Waals surface area contributed by atoms with E-state index in [0.29, 0.717) is 37.4 Å². The van der Waals surface area contributed by atoms with Crippen LogP contribution in [-0.2, 0) is 72.5 Å². The van der Waals surface area contributed by atoms with E-state index in [4.69, 9.17) is 37.9 Å². The van der Waals surface area contributed by atoms with Gasteiger partial charge >= 0.3 is 35.9 Å². The van der Waals surface area contributed by atoms with Gasteiger partial charge in [-0.3, -0.25) is 29.1 Å². The largest absolute Gasteiger partial charge is 0.497 e. The Bertz CT molecular complexity index is 3490. The molecule has 3 fully saturated rings. The zero-order chi connectivity index (χ0) is 71.5. The second kappa shape index (κ2) is 38.8. The molecule has 2 atom stereocenters. The number of hydrogen-bond donors (Lipinski definition) is 2. The first-order valence-electron chi connectivity index (χ1n) is 31.8. The highest BCUT2D eigenvalue weighted by atomic mass is 19.4. The van der Waals surface area contributed by atoms with Gasteiger partial charge in [0.15, 0.2) is 0 Å². The number of nitrogens with one attached hydrogen (secondary N) is 2. The third kappa shape index (κ3) is 23.8. The summed E-state index contributed by atoms with van der Waals surface area (Å²) in [5.74, 6) is -2.59. The normalized spacial score (nSPS) is 17.1. The molecular weight excluding hydrogens is 1290 g/mol. The molecule has 0 saturated carbocycles. The number of carbonyl (C=O) groups is 5. The molecule has 20 nitrogen and oxygen atoms in total. The van der Waals surface area contributed by atoms with E-state index in [1.54, 1.807) is 41.6 Å². The number of ketones is 2. The highest BCUT2D eigenvalue weighted by molar-refractivity contribution is 6.41. The second-order valence-corrected chi connectivity index (χ2v) is 23.5. The molecule has 0 radical (unpaired) electrons. The number of likely N-dealkylation sites (N-methyl/N-ethyl adjacent to an activating group) is 1. The molecule has 5 aliphatic heterocycles. The van der Waals surface area contributed by atoms with E-state index < -0.39 is 23.9 Å². The van der Waals surface area contributed by atoms with Gasteiger partial charge in [0.05, 0.1) is 86.8 Å². The van der Waals surface area contributed by atoms with Crippen LogP contribution in [-0.4, -0.2) is 204 Å². The van der Waals surface area contributed by atoms with Crippen LogP contribution < -0.4 is 29.6 Å². The maximum Gasteiger partial charge on any atom is 0.458 e. The lowest BCUT2D eigenvalue weighted by Crippen LogP contribution is -2.40. The summed E-state index contributed by atoms with van der Waals surface area (Å²) in [7, 11) is 13.0. The molecule has 0 bridgehead atoms. The van der Waals surface area contributed by atoms with Gasteiger partial charge in [-0.1, -0.05) is 48.6 Å². The maximum atomic E-state index is 12.7. The molecule has 11 rings (SSSR count). The molecule has 2 N–H and O–H groups in total. The van der Waals surface area contributed by atoms with E-state index in [0.717, 1.165) is 155 Å². The SMILES string of the molecule is C1=CC2CNCC2C=C1CN1CCOCC1.CNCCOC.COC(=O)c1ccc(C)c(C)c1.COC(=O)c1ccc2c(c1)CN(Cc1ccc(OC)cc1OC)C2.COc1ccc(CN2Cc3ccc(C(=O)N4CCOCC4)cc3C2)c(OC)c1.O=C(C(=O)C(F)(F)F)C(F)(F)F. The summed E-state index contributed by atoms with van der Waals surface area (Å²) in [5, 5.41) is 6.40. The van der Waals surface area contributed by atoms with Crippen molar-refractivity contribution in [1.82, 2.24) is 30.2 Å². The van der Waals surface area contributed by atoms with Crippen molar-refractivity contribution in [1.29, 1.82) is 0 Å². The number of Topliss-reactive ketones (excluding diaryl/α,β-unsaturated/α-hetero) is 2. The summed E-state index contributed by atoms with van der Waals surface area (Å²) in [6.07, 6.45) is -4.36. The second-order valence-electron chi connectivity index (χ2n) is 23.5. The third-order valence-corrected chi connectivity index (χ3v) is 16.7. The summed E-state index contributed by atoms with van der Waals surface area (Å²) in [6, 6.07) is 29.2. The Morgan fingerprint density at radius 3 is 1.46 bits per heavy atom. The number of rotatable bonds is 17. The molecule has 6 aliphatic rings. The lowest BCUT2D eigenvalue weighted by Gasteiger charge is -2.28. The topological polar surface area (TPSA) is 205 Å². The molecule has 98 heavy (non-hydrogen) atoms. The van der Waals surface area contributed by atoms with Crippen molar-refractivity contribution in [3.8, 4) is 23.0 Å². The van der Waals surface area contributed by atoms with Crippen LogP contribution in [0.1, 0.15) is 75.6 Å². The van der Waals surface area contributed by atoms with Crippen molar-refractivity contribution in [3.63, 3.8) is 0 Å². The molecule has 534 valence electrons. The van der Waals surface area contributed by atoms with Gasteiger partial charge in [0, 0.05) is 128 Å². The number of ether oxygens (including phenoxy) is 9. The molecular formula is C72H90F6N6O14. The Hall–Kier alpha value is -8.21.